The van der Waals surface area contributed by atoms with Crippen molar-refractivity contribution in [2.24, 2.45) is 5.73 Å². The molecular weight excluding hydrogens is 162 g/mol. The molecule has 0 unspecified atom stereocenters. The second-order valence-electron chi connectivity index (χ2n) is 3.19. The zero-order valence-electron chi connectivity index (χ0n) is 8.33. The molecule has 0 fully saturated rings. The maximum absolute atomic E-state index is 5.51. The van der Waals surface area contributed by atoms with Gasteiger partial charge in [0.25, 0.3) is 0 Å². The molecule has 0 spiro atoms. The minimum Gasteiger partial charge on any atom is -0.325 e. The van der Waals surface area contributed by atoms with Crippen LogP contribution in [-0.4, -0.2) is 23.5 Å². The van der Waals surface area contributed by atoms with Crippen molar-refractivity contribution in [1.82, 2.24) is 9.88 Å². The average Bonchev–Trinajstić information content (AvgIpc) is 2.18. The molecule has 3 nitrogen and oxygen atoms in total. The normalized spacial score (nSPS) is 10.8. The van der Waals surface area contributed by atoms with Crippen LogP contribution in [0.2, 0.25) is 0 Å². The standard InChI is InChI=1S/C10H17N3/c1-3-13(2)8-9-4-5-12-10(6-9)7-11/h4-6H,3,7-8,11H2,1-2H3. The topological polar surface area (TPSA) is 42.2 Å². The molecule has 0 radical (unpaired) electrons. The minimum absolute atomic E-state index is 0.518. The van der Waals surface area contributed by atoms with Gasteiger partial charge in [-0.1, -0.05) is 6.92 Å². The van der Waals surface area contributed by atoms with Crippen LogP contribution in [-0.2, 0) is 13.1 Å². The molecule has 72 valence electrons. The Hall–Kier alpha value is -0.930. The molecule has 2 N–H and O–H groups in total. The summed E-state index contributed by atoms with van der Waals surface area (Å²) in [6.07, 6.45) is 1.82. The van der Waals surface area contributed by atoms with Gasteiger partial charge in [-0.3, -0.25) is 4.98 Å². The summed E-state index contributed by atoms with van der Waals surface area (Å²) >= 11 is 0. The predicted octanol–water partition coefficient (Wildman–Crippen LogP) is 0.992. The summed E-state index contributed by atoms with van der Waals surface area (Å²) in [7, 11) is 2.10. The molecule has 0 aliphatic carbocycles. The van der Waals surface area contributed by atoms with E-state index in [1.54, 1.807) is 0 Å². The fourth-order valence-electron chi connectivity index (χ4n) is 1.16. The van der Waals surface area contributed by atoms with E-state index in [-0.39, 0.29) is 0 Å². The van der Waals surface area contributed by atoms with E-state index in [0.29, 0.717) is 6.54 Å². The highest BCUT2D eigenvalue weighted by Gasteiger charge is 1.98. The van der Waals surface area contributed by atoms with Gasteiger partial charge in [0.1, 0.15) is 0 Å². The van der Waals surface area contributed by atoms with Gasteiger partial charge in [0, 0.05) is 19.3 Å². The van der Waals surface area contributed by atoms with Crippen LogP contribution in [0.25, 0.3) is 0 Å². The molecule has 0 amide bonds. The van der Waals surface area contributed by atoms with Gasteiger partial charge in [-0.15, -0.1) is 0 Å². The summed E-state index contributed by atoms with van der Waals surface area (Å²) in [4.78, 5) is 6.39. The van der Waals surface area contributed by atoms with E-state index < -0.39 is 0 Å². The van der Waals surface area contributed by atoms with Crippen molar-refractivity contribution in [2.75, 3.05) is 13.6 Å². The van der Waals surface area contributed by atoms with Gasteiger partial charge in [-0.2, -0.15) is 0 Å². The molecule has 0 aliphatic heterocycles. The summed E-state index contributed by atoms with van der Waals surface area (Å²) in [5.74, 6) is 0. The van der Waals surface area contributed by atoms with Gasteiger partial charge < -0.3 is 10.6 Å². The first kappa shape index (κ1) is 10.2. The number of nitrogens with two attached hydrogens (primary N) is 1. The second kappa shape index (κ2) is 4.94. The fraction of sp³-hybridized carbons (Fsp3) is 0.500. The minimum atomic E-state index is 0.518. The zero-order chi connectivity index (χ0) is 9.68. The van der Waals surface area contributed by atoms with Crippen molar-refractivity contribution >= 4 is 0 Å². The molecule has 0 atom stereocenters. The maximum Gasteiger partial charge on any atom is 0.0542 e. The van der Waals surface area contributed by atoms with E-state index in [1.807, 2.05) is 12.3 Å². The van der Waals surface area contributed by atoms with Crippen LogP contribution in [0.1, 0.15) is 18.2 Å². The predicted molar refractivity (Wildman–Crippen MR) is 54.1 cm³/mol. The summed E-state index contributed by atoms with van der Waals surface area (Å²) in [6, 6.07) is 4.09. The monoisotopic (exact) mass is 179 g/mol. The van der Waals surface area contributed by atoms with Crippen molar-refractivity contribution in [2.45, 2.75) is 20.0 Å². The molecule has 1 aromatic heterocycles. The summed E-state index contributed by atoms with van der Waals surface area (Å²) in [5, 5.41) is 0. The highest BCUT2D eigenvalue weighted by Crippen LogP contribution is 2.03. The highest BCUT2D eigenvalue weighted by atomic mass is 15.1. The van der Waals surface area contributed by atoms with Gasteiger partial charge in [0.2, 0.25) is 0 Å². The Bertz CT molecular complexity index is 260. The van der Waals surface area contributed by atoms with Crippen LogP contribution in [0.3, 0.4) is 0 Å². The van der Waals surface area contributed by atoms with Crippen molar-refractivity contribution in [1.29, 1.82) is 0 Å². The van der Waals surface area contributed by atoms with E-state index in [4.69, 9.17) is 5.73 Å². The second-order valence-corrected chi connectivity index (χ2v) is 3.19. The Labute approximate surface area is 79.6 Å². The quantitative estimate of drug-likeness (QED) is 0.749. The molecule has 0 aromatic carbocycles. The first-order valence-corrected chi connectivity index (χ1v) is 4.58. The lowest BCUT2D eigenvalue weighted by atomic mass is 10.2. The van der Waals surface area contributed by atoms with Crippen LogP contribution in [0.15, 0.2) is 18.3 Å². The van der Waals surface area contributed by atoms with Crippen LogP contribution in [0.5, 0.6) is 0 Å². The van der Waals surface area contributed by atoms with Crippen LogP contribution < -0.4 is 5.73 Å². The maximum atomic E-state index is 5.51. The Morgan fingerprint density at radius 2 is 2.31 bits per heavy atom. The van der Waals surface area contributed by atoms with Gasteiger partial charge in [-0.05, 0) is 31.3 Å². The van der Waals surface area contributed by atoms with E-state index in [1.165, 1.54) is 5.56 Å². The lowest BCUT2D eigenvalue weighted by Gasteiger charge is -2.13. The SMILES string of the molecule is CCN(C)Cc1ccnc(CN)c1. The highest BCUT2D eigenvalue weighted by molar-refractivity contribution is 5.15. The molecule has 0 saturated carbocycles. The van der Waals surface area contributed by atoms with E-state index in [9.17, 15) is 0 Å². The lowest BCUT2D eigenvalue weighted by Crippen LogP contribution is -2.17. The third-order valence-electron chi connectivity index (χ3n) is 2.08. The third-order valence-corrected chi connectivity index (χ3v) is 2.08. The molecule has 13 heavy (non-hydrogen) atoms. The number of hydrogen-bond donors (Lipinski definition) is 1. The smallest absolute Gasteiger partial charge is 0.0542 e. The number of aromatic nitrogens is 1. The van der Waals surface area contributed by atoms with E-state index >= 15 is 0 Å². The van der Waals surface area contributed by atoms with Crippen molar-refractivity contribution in [3.8, 4) is 0 Å². The Kier molecular flexibility index (Phi) is 3.86. The summed E-state index contributed by atoms with van der Waals surface area (Å²) < 4.78 is 0. The van der Waals surface area contributed by atoms with E-state index in [2.05, 4.69) is 29.9 Å². The molecule has 0 saturated heterocycles. The Morgan fingerprint density at radius 3 is 2.92 bits per heavy atom. The van der Waals surface area contributed by atoms with Gasteiger partial charge in [0.15, 0.2) is 0 Å². The van der Waals surface area contributed by atoms with Gasteiger partial charge >= 0.3 is 0 Å². The van der Waals surface area contributed by atoms with Crippen LogP contribution in [0.4, 0.5) is 0 Å². The number of pyridine rings is 1. The third kappa shape index (κ3) is 3.13. The largest absolute Gasteiger partial charge is 0.325 e. The molecule has 3 heteroatoms. The van der Waals surface area contributed by atoms with Crippen molar-refractivity contribution < 1.29 is 0 Å². The number of nitrogens with zero attached hydrogens (tertiary/aromatic N) is 2. The molecule has 0 aliphatic rings. The van der Waals surface area contributed by atoms with Crippen molar-refractivity contribution in [3.05, 3.63) is 29.6 Å². The molecule has 1 rings (SSSR count). The van der Waals surface area contributed by atoms with E-state index in [0.717, 1.165) is 18.8 Å². The Morgan fingerprint density at radius 1 is 1.54 bits per heavy atom. The number of hydrogen-bond acceptors (Lipinski definition) is 3. The van der Waals surface area contributed by atoms with Crippen molar-refractivity contribution in [3.63, 3.8) is 0 Å². The molecule has 1 aromatic rings. The Balaban J connectivity index is 2.66. The van der Waals surface area contributed by atoms with Gasteiger partial charge in [-0.25, -0.2) is 0 Å². The first-order chi connectivity index (χ1) is 6.26. The zero-order valence-corrected chi connectivity index (χ0v) is 8.33. The summed E-state index contributed by atoms with van der Waals surface area (Å²) in [5.41, 5.74) is 7.74. The molecule has 0 bridgehead atoms. The van der Waals surface area contributed by atoms with Gasteiger partial charge in [0.05, 0.1) is 5.69 Å². The van der Waals surface area contributed by atoms with Crippen LogP contribution >= 0.6 is 0 Å². The number of rotatable bonds is 4. The molecule has 1 heterocycles. The lowest BCUT2D eigenvalue weighted by molar-refractivity contribution is 0.345. The van der Waals surface area contributed by atoms with Crippen LogP contribution in [0, 0.1) is 0 Å². The summed E-state index contributed by atoms with van der Waals surface area (Å²) in [6.45, 7) is 4.68. The fourth-order valence-corrected chi connectivity index (χ4v) is 1.16. The first-order valence-electron chi connectivity index (χ1n) is 4.58. The molecular formula is C10H17N3. The average molecular weight is 179 g/mol.